The van der Waals surface area contributed by atoms with E-state index in [1.54, 1.807) is 13.2 Å². The Morgan fingerprint density at radius 3 is 2.76 bits per heavy atom. The third kappa shape index (κ3) is 4.70. The Balaban J connectivity index is 2.00. The summed E-state index contributed by atoms with van der Waals surface area (Å²) in [4.78, 5) is 10.6. The van der Waals surface area contributed by atoms with Crippen molar-refractivity contribution in [3.05, 3.63) is 33.9 Å². The van der Waals surface area contributed by atoms with Crippen LogP contribution in [0, 0.1) is 16.0 Å². The van der Waals surface area contributed by atoms with Crippen LogP contribution in [0.5, 0.6) is 5.75 Å². The van der Waals surface area contributed by atoms with Crippen LogP contribution in [0.1, 0.15) is 38.2 Å². The Morgan fingerprint density at radius 2 is 2.19 bits per heavy atom. The highest BCUT2D eigenvalue weighted by Gasteiger charge is 2.30. The third-order valence-corrected chi connectivity index (χ3v) is 3.99. The molecule has 0 saturated heterocycles. The van der Waals surface area contributed by atoms with Gasteiger partial charge < -0.3 is 10.1 Å². The smallest absolute Gasteiger partial charge is 0.273 e. The molecule has 1 aliphatic rings. The number of methoxy groups -OCH3 is 1. The topological polar surface area (TPSA) is 64.4 Å². The molecule has 1 aliphatic carbocycles. The highest BCUT2D eigenvalue weighted by Crippen LogP contribution is 2.35. The van der Waals surface area contributed by atoms with Crippen molar-refractivity contribution < 1.29 is 9.66 Å². The van der Waals surface area contributed by atoms with E-state index in [0.29, 0.717) is 11.8 Å². The summed E-state index contributed by atoms with van der Waals surface area (Å²) in [6.45, 7) is 3.21. The summed E-state index contributed by atoms with van der Waals surface area (Å²) >= 11 is 0. The van der Waals surface area contributed by atoms with E-state index in [1.807, 2.05) is 6.07 Å². The van der Waals surface area contributed by atoms with Crippen molar-refractivity contribution in [2.24, 2.45) is 5.92 Å². The van der Waals surface area contributed by atoms with E-state index < -0.39 is 0 Å². The van der Waals surface area contributed by atoms with Crippen molar-refractivity contribution in [1.29, 1.82) is 0 Å². The normalized spacial score (nSPS) is 15.7. The highest BCUT2D eigenvalue weighted by molar-refractivity contribution is 5.42. The van der Waals surface area contributed by atoms with Gasteiger partial charge in [0.1, 0.15) is 5.75 Å². The molecule has 1 aromatic carbocycles. The fraction of sp³-hybridized carbons (Fsp3) is 0.625. The number of rotatable bonds is 9. The SMILES string of the molecule is CCCNC(CCc1cc(OC)cc([N+](=O)[O-])c1)C1CC1. The van der Waals surface area contributed by atoms with Gasteiger partial charge in [-0.2, -0.15) is 0 Å². The molecule has 5 heteroatoms. The first-order valence-electron chi connectivity index (χ1n) is 7.69. The van der Waals surface area contributed by atoms with Gasteiger partial charge in [-0.15, -0.1) is 0 Å². The lowest BCUT2D eigenvalue weighted by atomic mass is 10.0. The molecule has 0 heterocycles. The first-order valence-corrected chi connectivity index (χ1v) is 7.69. The maximum Gasteiger partial charge on any atom is 0.273 e. The van der Waals surface area contributed by atoms with Crippen LogP contribution in [0.2, 0.25) is 0 Å². The van der Waals surface area contributed by atoms with E-state index in [0.717, 1.165) is 37.3 Å². The third-order valence-electron chi connectivity index (χ3n) is 3.99. The highest BCUT2D eigenvalue weighted by atomic mass is 16.6. The molecule has 1 fully saturated rings. The molecule has 0 bridgehead atoms. The summed E-state index contributed by atoms with van der Waals surface area (Å²) in [5, 5.41) is 14.6. The Bertz CT molecular complexity index is 486. The fourth-order valence-corrected chi connectivity index (χ4v) is 2.67. The summed E-state index contributed by atoms with van der Waals surface area (Å²) in [5.74, 6) is 1.35. The standard InChI is InChI=1S/C16H24N2O3/c1-3-8-17-16(13-5-6-13)7-4-12-9-14(18(19)20)11-15(10-12)21-2/h9-11,13,16-17H,3-8H2,1-2H3. The number of non-ortho nitro benzene ring substituents is 1. The maximum absolute atomic E-state index is 11.0. The number of ether oxygens (including phenoxy) is 1. The van der Waals surface area contributed by atoms with Crippen molar-refractivity contribution in [2.45, 2.75) is 45.1 Å². The summed E-state index contributed by atoms with van der Waals surface area (Å²) in [7, 11) is 1.54. The Hall–Kier alpha value is -1.62. The van der Waals surface area contributed by atoms with E-state index in [9.17, 15) is 10.1 Å². The van der Waals surface area contributed by atoms with E-state index in [4.69, 9.17) is 4.74 Å². The summed E-state index contributed by atoms with van der Waals surface area (Å²) in [6.07, 6.45) is 5.61. The lowest BCUT2D eigenvalue weighted by Gasteiger charge is -2.18. The Morgan fingerprint density at radius 1 is 1.43 bits per heavy atom. The second-order valence-corrected chi connectivity index (χ2v) is 5.73. The Labute approximate surface area is 125 Å². The number of hydrogen-bond donors (Lipinski definition) is 1. The molecule has 0 radical (unpaired) electrons. The van der Waals surface area contributed by atoms with Gasteiger partial charge >= 0.3 is 0 Å². The molecule has 0 aliphatic heterocycles. The molecule has 21 heavy (non-hydrogen) atoms. The molecule has 0 amide bonds. The molecular weight excluding hydrogens is 268 g/mol. The predicted octanol–water partition coefficient (Wildman–Crippen LogP) is 3.31. The van der Waals surface area contributed by atoms with Gasteiger partial charge in [0.25, 0.3) is 5.69 Å². The van der Waals surface area contributed by atoms with Crippen molar-refractivity contribution >= 4 is 5.69 Å². The predicted molar refractivity (Wildman–Crippen MR) is 82.8 cm³/mol. The van der Waals surface area contributed by atoms with Gasteiger partial charge in [-0.3, -0.25) is 10.1 Å². The first kappa shape index (κ1) is 15.8. The van der Waals surface area contributed by atoms with Crippen LogP contribution >= 0.6 is 0 Å². The molecule has 5 nitrogen and oxygen atoms in total. The van der Waals surface area contributed by atoms with E-state index in [2.05, 4.69) is 12.2 Å². The molecule has 2 rings (SSSR count). The summed E-state index contributed by atoms with van der Waals surface area (Å²) < 4.78 is 5.16. The molecule has 0 spiro atoms. The van der Waals surface area contributed by atoms with Gasteiger partial charge in [-0.1, -0.05) is 6.92 Å². The molecule has 1 N–H and O–H groups in total. The lowest BCUT2D eigenvalue weighted by Crippen LogP contribution is -2.32. The van der Waals surface area contributed by atoms with Crippen molar-refractivity contribution in [3.8, 4) is 5.75 Å². The van der Waals surface area contributed by atoms with E-state index in [-0.39, 0.29) is 10.6 Å². The molecular formula is C16H24N2O3. The summed E-state index contributed by atoms with van der Waals surface area (Å²) in [6, 6.07) is 5.57. The van der Waals surface area contributed by atoms with Crippen LogP contribution in [0.4, 0.5) is 5.69 Å². The summed E-state index contributed by atoms with van der Waals surface area (Å²) in [5.41, 5.74) is 1.08. The van der Waals surface area contributed by atoms with Gasteiger partial charge in [0, 0.05) is 12.1 Å². The molecule has 1 unspecified atom stereocenters. The zero-order valence-corrected chi connectivity index (χ0v) is 12.8. The van der Waals surface area contributed by atoms with Crippen LogP contribution in [0.25, 0.3) is 0 Å². The van der Waals surface area contributed by atoms with Gasteiger partial charge in [0.2, 0.25) is 0 Å². The second-order valence-electron chi connectivity index (χ2n) is 5.73. The van der Waals surface area contributed by atoms with Gasteiger partial charge in [-0.25, -0.2) is 0 Å². The number of nitrogens with one attached hydrogen (secondary N) is 1. The lowest BCUT2D eigenvalue weighted by molar-refractivity contribution is -0.385. The number of aryl methyl sites for hydroxylation is 1. The fourth-order valence-electron chi connectivity index (χ4n) is 2.67. The number of nitro groups is 1. The average molecular weight is 292 g/mol. The van der Waals surface area contributed by atoms with Gasteiger partial charge in [-0.05, 0) is 56.2 Å². The average Bonchev–Trinajstić information content (AvgIpc) is 3.31. The molecule has 1 atom stereocenters. The number of benzene rings is 1. The minimum absolute atomic E-state index is 0.105. The zero-order chi connectivity index (χ0) is 15.2. The van der Waals surface area contributed by atoms with Gasteiger partial charge in [0.15, 0.2) is 0 Å². The van der Waals surface area contributed by atoms with E-state index in [1.165, 1.54) is 18.9 Å². The van der Waals surface area contributed by atoms with Crippen LogP contribution < -0.4 is 10.1 Å². The van der Waals surface area contributed by atoms with E-state index >= 15 is 0 Å². The van der Waals surface area contributed by atoms with Gasteiger partial charge in [0.05, 0.1) is 18.1 Å². The minimum atomic E-state index is -0.361. The largest absolute Gasteiger partial charge is 0.496 e. The molecule has 1 saturated carbocycles. The maximum atomic E-state index is 11.0. The van der Waals surface area contributed by atoms with Crippen LogP contribution in [-0.2, 0) is 6.42 Å². The minimum Gasteiger partial charge on any atom is -0.496 e. The van der Waals surface area contributed by atoms with Crippen LogP contribution in [0.3, 0.4) is 0 Å². The quantitative estimate of drug-likeness (QED) is 0.560. The number of nitro benzene ring substituents is 1. The molecule has 0 aromatic heterocycles. The zero-order valence-electron chi connectivity index (χ0n) is 12.8. The van der Waals surface area contributed by atoms with Crippen molar-refractivity contribution in [3.63, 3.8) is 0 Å². The van der Waals surface area contributed by atoms with Crippen LogP contribution in [-0.4, -0.2) is 24.6 Å². The van der Waals surface area contributed by atoms with Crippen molar-refractivity contribution in [1.82, 2.24) is 5.32 Å². The number of nitrogens with zero attached hydrogens (tertiary/aromatic N) is 1. The molecule has 1 aromatic rings. The second kappa shape index (κ2) is 7.41. The van der Waals surface area contributed by atoms with Crippen molar-refractivity contribution in [2.75, 3.05) is 13.7 Å². The Kier molecular flexibility index (Phi) is 5.56. The molecule has 116 valence electrons. The monoisotopic (exact) mass is 292 g/mol. The first-order chi connectivity index (χ1) is 10.1. The van der Waals surface area contributed by atoms with Crippen LogP contribution in [0.15, 0.2) is 18.2 Å². The number of hydrogen-bond acceptors (Lipinski definition) is 4.